The van der Waals surface area contributed by atoms with E-state index in [2.05, 4.69) is 366 Å². The van der Waals surface area contributed by atoms with Gasteiger partial charge in [-0.2, -0.15) is 0 Å². The molecule has 3 aromatic heterocycles. The molecule has 0 saturated carbocycles. The van der Waals surface area contributed by atoms with Crippen LogP contribution in [-0.2, 0) is 36.4 Å². The normalized spacial score (nSPS) is 14.0. The van der Waals surface area contributed by atoms with Gasteiger partial charge < -0.3 is 14.7 Å². The van der Waals surface area contributed by atoms with E-state index >= 15 is 0 Å². The van der Waals surface area contributed by atoms with Gasteiger partial charge in [0, 0.05) is 84.7 Å². The zero-order valence-corrected chi connectivity index (χ0v) is 57.6. The third kappa shape index (κ3) is 10.9. The Morgan fingerprint density at radius 2 is 0.443 bits per heavy atom. The van der Waals surface area contributed by atoms with Crippen LogP contribution in [0.2, 0.25) is 0 Å². The van der Waals surface area contributed by atoms with Crippen LogP contribution in [0.25, 0.3) is 66.1 Å². The number of benzene rings is 12. The molecule has 97 heavy (non-hydrogen) atoms. The first-order valence-corrected chi connectivity index (χ1v) is 33.2. The molecule has 3 aliphatic rings. The minimum atomic E-state index is -0.0571. The van der Waals surface area contributed by atoms with Gasteiger partial charge in [0.15, 0.2) is 0 Å². The second-order valence-electron chi connectivity index (χ2n) is 26.8. The molecule has 0 aliphatic carbocycles. The molecule has 18 rings (SSSR count). The van der Waals surface area contributed by atoms with Gasteiger partial charge in [-0.05, 0) is 141 Å². The molecule has 0 saturated heterocycles. The summed E-state index contributed by atoms with van der Waals surface area (Å²) in [5.41, 5.74) is 25.1. The Hall–Kier alpha value is -11.1. The van der Waals surface area contributed by atoms with Gasteiger partial charge >= 0.3 is 20.1 Å². The van der Waals surface area contributed by atoms with Gasteiger partial charge in [-0.3, -0.25) is 15.0 Å². The molecule has 0 radical (unpaired) electrons. The number of para-hydroxylation sites is 6. The predicted molar refractivity (Wildman–Crippen MR) is 402 cm³/mol. The number of hydrogen-bond donors (Lipinski definition) is 0. The van der Waals surface area contributed by atoms with E-state index in [-0.39, 0.29) is 36.4 Å². The number of rotatable bonds is 6. The van der Waals surface area contributed by atoms with Gasteiger partial charge in [0.25, 0.3) is 0 Å². The van der Waals surface area contributed by atoms with Crippen molar-refractivity contribution in [1.29, 1.82) is 0 Å². The molecule has 7 heteroatoms. The Bertz CT molecular complexity index is 4780. The molecule has 15 aromatic rings. The van der Waals surface area contributed by atoms with Gasteiger partial charge in [0.05, 0.1) is 51.2 Å². The Kier molecular flexibility index (Phi) is 16.2. The molecule has 468 valence electrons. The fraction of sp³-hybridized carbons (Fsp3) is 0.100. The van der Waals surface area contributed by atoms with Crippen LogP contribution in [0.1, 0.15) is 74.9 Å². The van der Waals surface area contributed by atoms with Crippen molar-refractivity contribution in [3.8, 4) is 33.8 Å². The maximum Gasteiger partial charge on any atom is 3.00 e. The van der Waals surface area contributed by atoms with E-state index in [1.54, 1.807) is 0 Å². The fourth-order valence-corrected chi connectivity index (χ4v) is 15.3. The summed E-state index contributed by atoms with van der Waals surface area (Å²) in [4.78, 5) is 21.4. The van der Waals surface area contributed by atoms with Crippen LogP contribution in [0.15, 0.2) is 328 Å². The fourth-order valence-electron chi connectivity index (χ4n) is 15.3. The van der Waals surface area contributed by atoms with Crippen molar-refractivity contribution in [2.75, 3.05) is 14.7 Å². The van der Waals surface area contributed by atoms with Crippen LogP contribution < -0.4 is 14.7 Å². The Balaban J connectivity index is 0.000000118. The number of anilines is 9. The quantitative estimate of drug-likeness (QED) is 0.165. The monoisotopic (exact) mass is 1430 g/mol. The molecule has 0 bridgehead atoms. The van der Waals surface area contributed by atoms with Gasteiger partial charge in [0.1, 0.15) is 0 Å². The van der Waals surface area contributed by atoms with E-state index in [1.807, 2.05) is 18.6 Å². The molecular formula is C90H72IrN6+3. The first-order valence-electron chi connectivity index (χ1n) is 33.2. The summed E-state index contributed by atoms with van der Waals surface area (Å²) in [7, 11) is 0. The number of fused-ring (bicyclic) bond motifs is 9. The Morgan fingerprint density at radius 3 is 0.691 bits per heavy atom. The second-order valence-corrected chi connectivity index (χ2v) is 26.8. The summed E-state index contributed by atoms with van der Waals surface area (Å²) in [5, 5.41) is 7.14. The molecule has 0 spiro atoms. The van der Waals surface area contributed by atoms with Crippen LogP contribution >= 0.6 is 0 Å². The summed E-state index contributed by atoms with van der Waals surface area (Å²) in [6, 6.07) is 110. The maximum absolute atomic E-state index is 4.76. The van der Waals surface area contributed by atoms with Gasteiger partial charge in [-0.15, -0.1) is 0 Å². The van der Waals surface area contributed by atoms with E-state index < -0.39 is 0 Å². The average molecular weight is 1430 g/mol. The van der Waals surface area contributed by atoms with Crippen LogP contribution in [0.3, 0.4) is 0 Å². The molecule has 0 amide bonds. The largest absolute Gasteiger partial charge is 3.00 e. The molecule has 6 nitrogen and oxygen atoms in total. The Morgan fingerprint density at radius 1 is 0.227 bits per heavy atom. The van der Waals surface area contributed by atoms with Crippen LogP contribution in [0, 0.1) is 0 Å². The maximum atomic E-state index is 4.76. The molecule has 0 N–H and O–H groups in total. The van der Waals surface area contributed by atoms with Crippen molar-refractivity contribution in [3.05, 3.63) is 361 Å². The first kappa shape index (κ1) is 62.1. The molecule has 0 atom stereocenters. The predicted octanol–water partition coefficient (Wildman–Crippen LogP) is 24.0. The van der Waals surface area contributed by atoms with Crippen molar-refractivity contribution < 1.29 is 20.1 Å². The summed E-state index contributed by atoms with van der Waals surface area (Å²) in [6.07, 6.45) is 5.70. The number of pyridine rings is 3. The topological polar surface area (TPSA) is 48.4 Å². The third-order valence-corrected chi connectivity index (χ3v) is 20.1. The minimum absolute atomic E-state index is 0. The van der Waals surface area contributed by atoms with Gasteiger partial charge in [-0.25, -0.2) is 0 Å². The van der Waals surface area contributed by atoms with Gasteiger partial charge in [-0.1, -0.05) is 260 Å². The summed E-state index contributed by atoms with van der Waals surface area (Å²) >= 11 is 0. The second kappa shape index (κ2) is 25.2. The van der Waals surface area contributed by atoms with Crippen LogP contribution in [0.5, 0.6) is 0 Å². The van der Waals surface area contributed by atoms with Crippen LogP contribution in [0.4, 0.5) is 51.2 Å². The summed E-state index contributed by atoms with van der Waals surface area (Å²) in [6.45, 7) is 13.9. The standard InChI is InChI=1S/3C30H24N2.Ir/c3*1-30(2)25-14-5-7-16-27(25)32(28-17-8-6-15-26(28)30)23-12-9-11-22(20-23)29-24-13-4-3-10-21(24)18-19-31-29;/h3*3-20H,1-2H3;/q;;;+3. The van der Waals surface area contributed by atoms with E-state index in [9.17, 15) is 0 Å². The van der Waals surface area contributed by atoms with Crippen molar-refractivity contribution in [1.82, 2.24) is 15.0 Å². The smallest absolute Gasteiger partial charge is 0.310 e. The third-order valence-electron chi connectivity index (χ3n) is 20.1. The molecule has 0 unspecified atom stereocenters. The average Bonchev–Trinajstić information content (AvgIpc) is 1.37. The van der Waals surface area contributed by atoms with Crippen molar-refractivity contribution in [2.24, 2.45) is 0 Å². The molecular weight excluding hydrogens is 1360 g/mol. The first-order chi connectivity index (χ1) is 46.9. The summed E-state index contributed by atoms with van der Waals surface area (Å²) in [5.74, 6) is 0. The van der Waals surface area contributed by atoms with Crippen molar-refractivity contribution in [2.45, 2.75) is 57.8 Å². The molecule has 3 aliphatic heterocycles. The molecule has 12 aromatic carbocycles. The minimum Gasteiger partial charge on any atom is -0.310 e. The van der Waals surface area contributed by atoms with Crippen molar-refractivity contribution >= 4 is 83.5 Å². The van der Waals surface area contributed by atoms with E-state index in [4.69, 9.17) is 15.0 Å². The van der Waals surface area contributed by atoms with Gasteiger partial charge in [0.2, 0.25) is 0 Å². The Labute approximate surface area is 582 Å². The van der Waals surface area contributed by atoms with E-state index in [0.717, 1.165) is 50.8 Å². The van der Waals surface area contributed by atoms with E-state index in [0.29, 0.717) is 0 Å². The van der Waals surface area contributed by atoms with Crippen LogP contribution in [-0.4, -0.2) is 15.0 Å². The van der Waals surface area contributed by atoms with Crippen molar-refractivity contribution in [3.63, 3.8) is 0 Å². The SMILES string of the molecule is CC1(C)c2ccccc2N(c2cccc(-c3nccc4ccccc34)c2)c2ccccc21.CC1(C)c2ccccc2N(c2cccc(-c3nccc4ccccc34)c2)c2ccccc21.CC1(C)c2ccccc2N(c2cccc(-c3nccc4ccccc34)c2)c2ccccc21.[Ir+3]. The molecule has 6 heterocycles. The zero-order valence-electron chi connectivity index (χ0n) is 55.2. The molecule has 0 fully saturated rings. The number of nitrogens with zero attached hydrogens (tertiary/aromatic N) is 6. The number of hydrogen-bond acceptors (Lipinski definition) is 6. The van der Waals surface area contributed by atoms with E-state index in [1.165, 1.54) is 99.8 Å². The summed E-state index contributed by atoms with van der Waals surface area (Å²) < 4.78 is 0. The number of aromatic nitrogens is 3. The zero-order chi connectivity index (χ0) is 65.1.